The summed E-state index contributed by atoms with van der Waals surface area (Å²) >= 11 is 3.35. The van der Waals surface area contributed by atoms with E-state index in [4.69, 9.17) is 4.74 Å². The van der Waals surface area contributed by atoms with Gasteiger partial charge in [-0.25, -0.2) is 4.39 Å². The van der Waals surface area contributed by atoms with Gasteiger partial charge in [-0.15, -0.1) is 0 Å². The van der Waals surface area contributed by atoms with Crippen molar-refractivity contribution >= 4 is 21.6 Å². The molecule has 0 bridgehead atoms. The molecule has 1 N–H and O–H groups in total. The molecule has 1 aliphatic rings. The van der Waals surface area contributed by atoms with Crippen molar-refractivity contribution in [3.8, 4) is 5.75 Å². The minimum absolute atomic E-state index is 0.246. The molecule has 1 unspecified atom stereocenters. The highest BCUT2D eigenvalue weighted by molar-refractivity contribution is 9.10. The molecule has 0 spiro atoms. The van der Waals surface area contributed by atoms with Gasteiger partial charge in [0.25, 0.3) is 0 Å². The second kappa shape index (κ2) is 4.61. The number of fused-ring (bicyclic) bond motifs is 1. The Kier molecular flexibility index (Phi) is 2.96. The average molecular weight is 308 g/mol. The van der Waals surface area contributed by atoms with Gasteiger partial charge in [-0.1, -0.05) is 28.1 Å². The van der Waals surface area contributed by atoms with Gasteiger partial charge in [0, 0.05) is 10.0 Å². The van der Waals surface area contributed by atoms with Gasteiger partial charge in [0.1, 0.15) is 17.7 Å². The predicted molar refractivity (Wildman–Crippen MR) is 72.4 cm³/mol. The third-order valence-corrected chi connectivity index (χ3v) is 3.43. The number of anilines is 1. The zero-order valence-electron chi connectivity index (χ0n) is 9.49. The van der Waals surface area contributed by atoms with Gasteiger partial charge >= 0.3 is 0 Å². The molecule has 2 aromatic carbocycles. The molecular weight excluding hydrogens is 297 g/mol. The number of rotatable bonds is 1. The number of hydrogen-bond donors (Lipinski definition) is 1. The highest BCUT2D eigenvalue weighted by Gasteiger charge is 2.23. The zero-order valence-corrected chi connectivity index (χ0v) is 11.1. The van der Waals surface area contributed by atoms with Crippen molar-refractivity contribution < 1.29 is 9.13 Å². The van der Waals surface area contributed by atoms with Crippen molar-refractivity contribution in [2.45, 2.75) is 6.10 Å². The monoisotopic (exact) mass is 307 g/mol. The van der Waals surface area contributed by atoms with Crippen molar-refractivity contribution in [3.05, 3.63) is 58.3 Å². The molecule has 18 heavy (non-hydrogen) atoms. The van der Waals surface area contributed by atoms with E-state index in [1.165, 1.54) is 6.07 Å². The van der Waals surface area contributed by atoms with Crippen LogP contribution in [0, 0.1) is 5.82 Å². The van der Waals surface area contributed by atoms with Crippen molar-refractivity contribution in [3.63, 3.8) is 0 Å². The van der Waals surface area contributed by atoms with Crippen molar-refractivity contribution in [2.24, 2.45) is 0 Å². The average Bonchev–Trinajstić information content (AvgIpc) is 2.41. The van der Waals surface area contributed by atoms with Gasteiger partial charge < -0.3 is 10.1 Å². The second-order valence-electron chi connectivity index (χ2n) is 4.15. The van der Waals surface area contributed by atoms with Crippen LogP contribution in [0.25, 0.3) is 0 Å². The molecule has 2 aromatic rings. The molecule has 0 amide bonds. The Morgan fingerprint density at radius 3 is 2.94 bits per heavy atom. The van der Waals surface area contributed by atoms with E-state index in [0.29, 0.717) is 12.1 Å². The van der Waals surface area contributed by atoms with E-state index in [-0.39, 0.29) is 11.9 Å². The minimum atomic E-state index is -0.308. The van der Waals surface area contributed by atoms with E-state index in [2.05, 4.69) is 21.2 Å². The van der Waals surface area contributed by atoms with Crippen molar-refractivity contribution in [2.75, 3.05) is 11.9 Å². The lowest BCUT2D eigenvalue weighted by atomic mass is 10.1. The number of para-hydroxylation sites is 2. The van der Waals surface area contributed by atoms with Crippen LogP contribution in [0.15, 0.2) is 46.9 Å². The first-order valence-electron chi connectivity index (χ1n) is 5.68. The van der Waals surface area contributed by atoms with Gasteiger partial charge in [0.05, 0.1) is 12.2 Å². The van der Waals surface area contributed by atoms with Crippen LogP contribution >= 0.6 is 15.9 Å². The fourth-order valence-electron chi connectivity index (χ4n) is 2.05. The van der Waals surface area contributed by atoms with E-state index in [9.17, 15) is 4.39 Å². The molecule has 1 heterocycles. The summed E-state index contributed by atoms with van der Waals surface area (Å²) in [6.07, 6.45) is -0.308. The summed E-state index contributed by atoms with van der Waals surface area (Å²) in [7, 11) is 0. The van der Waals surface area contributed by atoms with E-state index in [1.807, 2.05) is 24.3 Å². The molecule has 0 aromatic heterocycles. The predicted octanol–water partition coefficient (Wildman–Crippen LogP) is 4.13. The molecule has 1 atom stereocenters. The number of nitrogens with one attached hydrogen (secondary N) is 1. The molecule has 0 radical (unpaired) electrons. The van der Waals surface area contributed by atoms with Gasteiger partial charge in [0.2, 0.25) is 0 Å². The smallest absolute Gasteiger partial charge is 0.144 e. The summed E-state index contributed by atoms with van der Waals surface area (Å²) in [5.41, 5.74) is 1.51. The van der Waals surface area contributed by atoms with Crippen LogP contribution in [-0.4, -0.2) is 6.54 Å². The molecule has 4 heteroatoms. The number of benzene rings is 2. The molecule has 0 saturated heterocycles. The normalized spacial score (nSPS) is 17.6. The van der Waals surface area contributed by atoms with Crippen LogP contribution in [0.5, 0.6) is 5.75 Å². The molecular formula is C14H11BrFNO. The molecule has 2 nitrogen and oxygen atoms in total. The molecule has 0 fully saturated rings. The first-order chi connectivity index (χ1) is 8.74. The van der Waals surface area contributed by atoms with Crippen LogP contribution < -0.4 is 10.1 Å². The Hall–Kier alpha value is -1.55. The first-order valence-corrected chi connectivity index (χ1v) is 6.48. The van der Waals surface area contributed by atoms with Gasteiger partial charge in [-0.05, 0) is 30.3 Å². The van der Waals surface area contributed by atoms with Crippen LogP contribution in [0.1, 0.15) is 11.7 Å². The third kappa shape index (κ3) is 2.08. The molecule has 0 aliphatic carbocycles. The summed E-state index contributed by atoms with van der Waals surface area (Å²) in [6.45, 7) is 0.560. The Morgan fingerprint density at radius 1 is 1.22 bits per heavy atom. The van der Waals surface area contributed by atoms with E-state index in [0.717, 1.165) is 15.9 Å². The highest BCUT2D eigenvalue weighted by Crippen LogP contribution is 2.35. The first kappa shape index (κ1) is 11.5. The quantitative estimate of drug-likeness (QED) is 0.855. The Morgan fingerprint density at radius 2 is 2.06 bits per heavy atom. The molecule has 92 valence electrons. The number of hydrogen-bond acceptors (Lipinski definition) is 2. The minimum Gasteiger partial charge on any atom is -0.482 e. The number of halogens is 2. The maximum atomic E-state index is 13.8. The highest BCUT2D eigenvalue weighted by atomic mass is 79.9. The largest absolute Gasteiger partial charge is 0.482 e. The van der Waals surface area contributed by atoms with Crippen LogP contribution in [0.4, 0.5) is 10.1 Å². The summed E-state index contributed by atoms with van der Waals surface area (Å²) in [6, 6.07) is 12.6. The summed E-state index contributed by atoms with van der Waals surface area (Å²) in [5, 5.41) is 3.25. The lowest BCUT2D eigenvalue weighted by Gasteiger charge is -2.27. The van der Waals surface area contributed by atoms with E-state index < -0.39 is 0 Å². The molecule has 3 rings (SSSR count). The third-order valence-electron chi connectivity index (χ3n) is 2.94. The van der Waals surface area contributed by atoms with Gasteiger partial charge in [0.15, 0.2) is 0 Å². The fraction of sp³-hybridized carbons (Fsp3) is 0.143. The summed E-state index contributed by atoms with van der Waals surface area (Å²) < 4.78 is 20.5. The Labute approximate surface area is 113 Å². The van der Waals surface area contributed by atoms with Gasteiger partial charge in [-0.2, -0.15) is 0 Å². The van der Waals surface area contributed by atoms with Crippen molar-refractivity contribution in [1.29, 1.82) is 0 Å². The summed E-state index contributed by atoms with van der Waals surface area (Å²) in [4.78, 5) is 0. The van der Waals surface area contributed by atoms with Crippen LogP contribution in [0.3, 0.4) is 0 Å². The molecule has 1 aliphatic heterocycles. The van der Waals surface area contributed by atoms with Gasteiger partial charge in [-0.3, -0.25) is 0 Å². The maximum Gasteiger partial charge on any atom is 0.144 e. The van der Waals surface area contributed by atoms with Crippen LogP contribution in [-0.2, 0) is 0 Å². The maximum absolute atomic E-state index is 13.8. The van der Waals surface area contributed by atoms with E-state index >= 15 is 0 Å². The lowest BCUT2D eigenvalue weighted by Crippen LogP contribution is -2.24. The topological polar surface area (TPSA) is 21.3 Å². The zero-order chi connectivity index (χ0) is 12.5. The molecule has 0 saturated carbocycles. The van der Waals surface area contributed by atoms with Crippen molar-refractivity contribution in [1.82, 2.24) is 0 Å². The number of ether oxygens (including phenoxy) is 1. The summed E-state index contributed by atoms with van der Waals surface area (Å²) in [5.74, 6) is 0.512. The lowest BCUT2D eigenvalue weighted by molar-refractivity contribution is 0.205. The SMILES string of the molecule is Fc1ccc(Br)cc1C1CNc2ccccc2O1. The Balaban J connectivity index is 1.94. The van der Waals surface area contributed by atoms with Crippen LogP contribution in [0.2, 0.25) is 0 Å². The standard InChI is InChI=1S/C14H11BrFNO/c15-9-5-6-11(16)10(7-9)14-8-17-12-3-1-2-4-13(12)18-14/h1-7,14,17H,8H2. The van der Waals surface area contributed by atoms with E-state index in [1.54, 1.807) is 12.1 Å². The Bertz CT molecular complexity index is 588. The second-order valence-corrected chi connectivity index (χ2v) is 5.07. The fourth-order valence-corrected chi connectivity index (χ4v) is 2.43.